The van der Waals surface area contributed by atoms with E-state index < -0.39 is 0 Å². The van der Waals surface area contributed by atoms with Crippen molar-refractivity contribution in [1.29, 1.82) is 0 Å². The van der Waals surface area contributed by atoms with Crippen LogP contribution in [0, 0.1) is 6.92 Å². The fraction of sp³-hybridized carbons (Fsp3) is 0.412. The van der Waals surface area contributed by atoms with Gasteiger partial charge in [0.25, 0.3) is 0 Å². The summed E-state index contributed by atoms with van der Waals surface area (Å²) in [7, 11) is 0. The molecule has 1 heterocycles. The highest BCUT2D eigenvalue weighted by Crippen LogP contribution is 2.21. The Morgan fingerprint density at radius 2 is 2.00 bits per heavy atom. The van der Waals surface area contributed by atoms with Crippen LogP contribution in [0.4, 0.5) is 0 Å². The van der Waals surface area contributed by atoms with Crippen molar-refractivity contribution in [2.75, 3.05) is 0 Å². The highest BCUT2D eigenvalue weighted by Gasteiger charge is 2.13. The van der Waals surface area contributed by atoms with Gasteiger partial charge in [0, 0.05) is 10.0 Å². The topological polar surface area (TPSA) is 34.4 Å². The van der Waals surface area contributed by atoms with Crippen molar-refractivity contribution in [3.63, 3.8) is 0 Å². The van der Waals surface area contributed by atoms with Crippen molar-refractivity contribution in [1.82, 2.24) is 5.32 Å². The zero-order chi connectivity index (χ0) is 15.5. The third-order valence-corrected chi connectivity index (χ3v) is 3.52. The summed E-state index contributed by atoms with van der Waals surface area (Å²) in [5.41, 5.74) is 1.23. The van der Waals surface area contributed by atoms with E-state index in [9.17, 15) is 0 Å². The molecule has 0 saturated heterocycles. The standard InChI is InChI=1S/C17H22BrNO2/c1-12-8-15(21-16(12)10-19-17(2,3)4)11-20-14-7-5-6-13(18)9-14/h5-9,19H,10-11H2,1-4H3. The molecule has 0 fully saturated rings. The maximum Gasteiger partial charge on any atom is 0.146 e. The van der Waals surface area contributed by atoms with Gasteiger partial charge in [-0.2, -0.15) is 0 Å². The second kappa shape index (κ2) is 6.67. The lowest BCUT2D eigenvalue weighted by Crippen LogP contribution is -2.35. The van der Waals surface area contributed by atoms with E-state index in [1.807, 2.05) is 30.3 Å². The van der Waals surface area contributed by atoms with Crippen LogP contribution in [0.1, 0.15) is 37.9 Å². The molecule has 0 aliphatic heterocycles. The molecule has 3 nitrogen and oxygen atoms in total. The SMILES string of the molecule is Cc1cc(COc2cccc(Br)c2)oc1CNC(C)(C)C. The lowest BCUT2D eigenvalue weighted by Gasteiger charge is -2.19. The lowest BCUT2D eigenvalue weighted by molar-refractivity contribution is 0.263. The molecule has 114 valence electrons. The molecule has 1 aromatic heterocycles. The number of hydrogen-bond donors (Lipinski definition) is 1. The van der Waals surface area contributed by atoms with Gasteiger partial charge in [-0.1, -0.05) is 22.0 Å². The van der Waals surface area contributed by atoms with Gasteiger partial charge < -0.3 is 14.5 Å². The molecule has 0 aliphatic carbocycles. The van der Waals surface area contributed by atoms with Crippen molar-refractivity contribution in [3.05, 3.63) is 51.9 Å². The first-order valence-corrected chi connectivity index (χ1v) is 7.84. The Morgan fingerprint density at radius 1 is 1.24 bits per heavy atom. The minimum atomic E-state index is 0.0756. The summed E-state index contributed by atoms with van der Waals surface area (Å²) < 4.78 is 12.6. The number of halogens is 1. The molecule has 0 aliphatic rings. The van der Waals surface area contributed by atoms with E-state index in [-0.39, 0.29) is 5.54 Å². The molecular weight excluding hydrogens is 330 g/mol. The van der Waals surface area contributed by atoms with E-state index in [1.54, 1.807) is 0 Å². The smallest absolute Gasteiger partial charge is 0.146 e. The number of nitrogens with one attached hydrogen (secondary N) is 1. The average molecular weight is 352 g/mol. The second-order valence-corrected chi connectivity index (χ2v) is 7.08. The molecule has 4 heteroatoms. The summed E-state index contributed by atoms with van der Waals surface area (Å²) >= 11 is 3.43. The second-order valence-electron chi connectivity index (χ2n) is 6.17. The van der Waals surface area contributed by atoms with Gasteiger partial charge >= 0.3 is 0 Å². The van der Waals surface area contributed by atoms with E-state index in [2.05, 4.69) is 48.9 Å². The lowest BCUT2D eigenvalue weighted by atomic mass is 10.1. The summed E-state index contributed by atoms with van der Waals surface area (Å²) in [6, 6.07) is 9.84. The highest BCUT2D eigenvalue weighted by atomic mass is 79.9. The molecule has 0 radical (unpaired) electrons. The first kappa shape index (κ1) is 16.1. The summed E-state index contributed by atoms with van der Waals surface area (Å²) in [6.07, 6.45) is 0. The molecule has 21 heavy (non-hydrogen) atoms. The molecule has 1 aromatic carbocycles. The Hall–Kier alpha value is -1.26. The molecule has 0 spiro atoms. The number of ether oxygens (including phenoxy) is 1. The summed E-state index contributed by atoms with van der Waals surface area (Å²) in [4.78, 5) is 0. The van der Waals surface area contributed by atoms with Crippen LogP contribution in [0.15, 0.2) is 39.2 Å². The van der Waals surface area contributed by atoms with Crippen LogP contribution in [0.25, 0.3) is 0 Å². The van der Waals surface area contributed by atoms with Gasteiger partial charge in [0.2, 0.25) is 0 Å². The summed E-state index contributed by atoms with van der Waals surface area (Å²) in [6.45, 7) is 9.65. The van der Waals surface area contributed by atoms with Crippen LogP contribution in [0.5, 0.6) is 5.75 Å². The number of hydrogen-bond acceptors (Lipinski definition) is 3. The van der Waals surface area contributed by atoms with Gasteiger partial charge in [-0.25, -0.2) is 0 Å². The van der Waals surface area contributed by atoms with Gasteiger partial charge in [0.15, 0.2) is 0 Å². The van der Waals surface area contributed by atoms with E-state index in [0.717, 1.165) is 33.9 Å². The first-order chi connectivity index (χ1) is 9.83. The highest BCUT2D eigenvalue weighted by molar-refractivity contribution is 9.10. The maximum absolute atomic E-state index is 5.86. The quantitative estimate of drug-likeness (QED) is 0.838. The zero-order valence-electron chi connectivity index (χ0n) is 13.0. The van der Waals surface area contributed by atoms with Gasteiger partial charge in [-0.15, -0.1) is 0 Å². The van der Waals surface area contributed by atoms with E-state index >= 15 is 0 Å². The Kier molecular flexibility index (Phi) is 5.12. The van der Waals surface area contributed by atoms with Gasteiger partial charge in [0.05, 0.1) is 6.54 Å². The normalized spacial score (nSPS) is 11.7. The van der Waals surface area contributed by atoms with Crippen molar-refractivity contribution < 1.29 is 9.15 Å². The van der Waals surface area contributed by atoms with Crippen LogP contribution in [-0.2, 0) is 13.2 Å². The number of benzene rings is 1. The Morgan fingerprint density at radius 3 is 2.67 bits per heavy atom. The third kappa shape index (κ3) is 5.21. The molecule has 0 unspecified atom stereocenters. The fourth-order valence-corrected chi connectivity index (χ4v) is 2.27. The van der Waals surface area contributed by atoms with Crippen molar-refractivity contribution in [2.45, 2.75) is 46.4 Å². The average Bonchev–Trinajstić information content (AvgIpc) is 2.74. The van der Waals surface area contributed by atoms with Crippen molar-refractivity contribution in [3.8, 4) is 5.75 Å². The minimum absolute atomic E-state index is 0.0756. The zero-order valence-corrected chi connectivity index (χ0v) is 14.6. The Bertz CT molecular complexity index is 599. The molecule has 1 N–H and O–H groups in total. The fourth-order valence-electron chi connectivity index (χ4n) is 1.89. The summed E-state index contributed by atoms with van der Waals surface area (Å²) in [5, 5.41) is 3.43. The predicted molar refractivity (Wildman–Crippen MR) is 88.5 cm³/mol. The summed E-state index contributed by atoms with van der Waals surface area (Å²) in [5.74, 6) is 2.64. The van der Waals surface area contributed by atoms with E-state index in [4.69, 9.17) is 9.15 Å². The van der Waals surface area contributed by atoms with E-state index in [0.29, 0.717) is 6.61 Å². The Balaban J connectivity index is 1.95. The van der Waals surface area contributed by atoms with Crippen molar-refractivity contribution >= 4 is 15.9 Å². The molecule has 0 bridgehead atoms. The number of aryl methyl sites for hydroxylation is 1. The van der Waals surface area contributed by atoms with Gasteiger partial charge in [-0.3, -0.25) is 0 Å². The minimum Gasteiger partial charge on any atom is -0.486 e. The van der Waals surface area contributed by atoms with Crippen LogP contribution >= 0.6 is 15.9 Å². The molecular formula is C17H22BrNO2. The predicted octanol–water partition coefficient (Wildman–Crippen LogP) is 4.82. The van der Waals surface area contributed by atoms with Crippen LogP contribution < -0.4 is 10.1 Å². The number of furan rings is 1. The number of rotatable bonds is 5. The first-order valence-electron chi connectivity index (χ1n) is 7.05. The van der Waals surface area contributed by atoms with Crippen LogP contribution in [0.3, 0.4) is 0 Å². The molecule has 2 rings (SSSR count). The Labute approximate surface area is 134 Å². The van der Waals surface area contributed by atoms with Crippen LogP contribution in [-0.4, -0.2) is 5.54 Å². The third-order valence-electron chi connectivity index (χ3n) is 3.03. The molecule has 0 saturated carbocycles. The monoisotopic (exact) mass is 351 g/mol. The maximum atomic E-state index is 5.86. The van der Waals surface area contributed by atoms with E-state index in [1.165, 1.54) is 0 Å². The van der Waals surface area contributed by atoms with Crippen molar-refractivity contribution in [2.24, 2.45) is 0 Å². The van der Waals surface area contributed by atoms with Gasteiger partial charge in [-0.05, 0) is 57.5 Å². The largest absolute Gasteiger partial charge is 0.486 e. The molecule has 0 atom stereocenters. The van der Waals surface area contributed by atoms with Gasteiger partial charge in [0.1, 0.15) is 23.9 Å². The molecule has 0 amide bonds. The molecule has 2 aromatic rings. The van der Waals surface area contributed by atoms with Crippen LogP contribution in [0.2, 0.25) is 0 Å².